The average Bonchev–Trinajstić information content (AvgIpc) is 2.59. The number of likely N-dealkylation sites (tertiary alicyclic amines) is 1. The van der Waals surface area contributed by atoms with E-state index >= 15 is 0 Å². The summed E-state index contributed by atoms with van der Waals surface area (Å²) in [6, 6.07) is 3.79. The maximum atomic E-state index is 12.9. The molecule has 92 valence electrons. The van der Waals surface area contributed by atoms with Gasteiger partial charge in [-0.15, -0.1) is 0 Å². The van der Waals surface area contributed by atoms with Crippen molar-refractivity contribution in [1.82, 2.24) is 4.90 Å². The number of carbonyl (C=O) groups excluding carboxylic acids is 1. The minimum absolute atomic E-state index is 0.00169. The highest BCUT2D eigenvalue weighted by molar-refractivity contribution is 6.33. The van der Waals surface area contributed by atoms with Gasteiger partial charge in [-0.3, -0.25) is 4.79 Å². The van der Waals surface area contributed by atoms with Gasteiger partial charge >= 0.3 is 0 Å². The summed E-state index contributed by atoms with van der Waals surface area (Å²) in [6.07, 6.45) is 0.783. The molecule has 5 heteroatoms. The van der Waals surface area contributed by atoms with Crippen molar-refractivity contribution in [2.75, 3.05) is 6.54 Å². The third kappa shape index (κ3) is 2.28. The third-order valence-corrected chi connectivity index (χ3v) is 3.55. The molecule has 1 aromatic rings. The Hall–Kier alpha value is -1.13. The molecule has 1 fully saturated rings. The molecule has 1 aliphatic rings. The van der Waals surface area contributed by atoms with Crippen LogP contribution < -0.4 is 5.73 Å². The molecule has 2 unspecified atom stereocenters. The van der Waals surface area contributed by atoms with Gasteiger partial charge in [0.1, 0.15) is 5.82 Å². The van der Waals surface area contributed by atoms with Crippen LogP contribution in [0.3, 0.4) is 0 Å². The Morgan fingerprint density at radius 2 is 2.29 bits per heavy atom. The maximum absolute atomic E-state index is 12.9. The molecule has 0 aromatic heterocycles. The number of nitrogens with two attached hydrogens (primary N) is 1. The van der Waals surface area contributed by atoms with Crippen molar-refractivity contribution in [3.05, 3.63) is 34.6 Å². The molecule has 2 atom stereocenters. The number of benzene rings is 1. The zero-order chi connectivity index (χ0) is 12.6. The van der Waals surface area contributed by atoms with Gasteiger partial charge in [0.15, 0.2) is 0 Å². The zero-order valence-corrected chi connectivity index (χ0v) is 10.2. The molecule has 2 N–H and O–H groups in total. The second-order valence-electron chi connectivity index (χ2n) is 4.32. The van der Waals surface area contributed by atoms with E-state index in [2.05, 4.69) is 0 Å². The molecule has 1 saturated heterocycles. The lowest BCUT2D eigenvalue weighted by atomic mass is 10.1. The van der Waals surface area contributed by atoms with Crippen molar-refractivity contribution < 1.29 is 9.18 Å². The van der Waals surface area contributed by atoms with Crippen LogP contribution in [0, 0.1) is 5.82 Å². The van der Waals surface area contributed by atoms with Gasteiger partial charge in [0.25, 0.3) is 5.91 Å². The minimum Gasteiger partial charge on any atom is -0.334 e. The van der Waals surface area contributed by atoms with Crippen molar-refractivity contribution in [3.8, 4) is 0 Å². The smallest absolute Gasteiger partial charge is 0.255 e. The Kier molecular flexibility index (Phi) is 3.35. The van der Waals surface area contributed by atoms with Gasteiger partial charge in [-0.05, 0) is 31.5 Å². The first-order chi connectivity index (χ1) is 8.00. The van der Waals surface area contributed by atoms with E-state index < -0.39 is 5.82 Å². The number of hydrogen-bond acceptors (Lipinski definition) is 2. The third-order valence-electron chi connectivity index (χ3n) is 3.24. The molecule has 2 rings (SSSR count). The Bertz CT molecular complexity index is 452. The SMILES string of the molecule is CC1C(N)CCN1C(=O)c1ccc(F)cc1Cl. The second-order valence-corrected chi connectivity index (χ2v) is 4.72. The quantitative estimate of drug-likeness (QED) is 0.836. The van der Waals surface area contributed by atoms with E-state index in [4.69, 9.17) is 17.3 Å². The summed E-state index contributed by atoms with van der Waals surface area (Å²) in [5, 5.41) is 0.141. The van der Waals surface area contributed by atoms with Crippen LogP contribution in [0.15, 0.2) is 18.2 Å². The molecule has 1 heterocycles. The number of hydrogen-bond donors (Lipinski definition) is 1. The Labute approximate surface area is 104 Å². The molecule has 3 nitrogen and oxygen atoms in total. The van der Waals surface area contributed by atoms with Gasteiger partial charge in [-0.2, -0.15) is 0 Å². The monoisotopic (exact) mass is 256 g/mol. The van der Waals surface area contributed by atoms with E-state index in [1.165, 1.54) is 12.1 Å². The van der Waals surface area contributed by atoms with Crippen LogP contribution in [-0.2, 0) is 0 Å². The predicted octanol–water partition coefficient (Wildman–Crippen LogP) is 2.04. The van der Waals surface area contributed by atoms with Gasteiger partial charge in [0.05, 0.1) is 10.6 Å². The highest BCUT2D eigenvalue weighted by Gasteiger charge is 2.32. The van der Waals surface area contributed by atoms with Gasteiger partial charge in [-0.1, -0.05) is 11.6 Å². The van der Waals surface area contributed by atoms with Crippen LogP contribution in [0.25, 0.3) is 0 Å². The number of rotatable bonds is 1. The Morgan fingerprint density at radius 1 is 1.59 bits per heavy atom. The fourth-order valence-electron chi connectivity index (χ4n) is 2.07. The largest absolute Gasteiger partial charge is 0.334 e. The molecule has 0 bridgehead atoms. The summed E-state index contributed by atoms with van der Waals surface area (Å²) >= 11 is 5.87. The molecule has 1 aliphatic heterocycles. The first-order valence-electron chi connectivity index (χ1n) is 5.52. The fraction of sp³-hybridized carbons (Fsp3) is 0.417. The molecule has 0 radical (unpaired) electrons. The lowest BCUT2D eigenvalue weighted by molar-refractivity contribution is 0.0742. The van der Waals surface area contributed by atoms with E-state index in [-0.39, 0.29) is 23.0 Å². The standard InChI is InChI=1S/C12H14ClFN2O/c1-7-11(15)4-5-16(7)12(17)9-3-2-8(14)6-10(9)13/h2-3,6-7,11H,4-5,15H2,1H3. The lowest BCUT2D eigenvalue weighted by Crippen LogP contribution is -2.40. The van der Waals surface area contributed by atoms with Crippen LogP contribution in [-0.4, -0.2) is 29.4 Å². The predicted molar refractivity (Wildman–Crippen MR) is 64.5 cm³/mol. The van der Waals surface area contributed by atoms with Crippen LogP contribution >= 0.6 is 11.6 Å². The molecular formula is C12H14ClFN2O. The van der Waals surface area contributed by atoms with Gasteiger partial charge in [-0.25, -0.2) is 4.39 Å². The van der Waals surface area contributed by atoms with E-state index in [0.29, 0.717) is 12.1 Å². The number of amides is 1. The number of nitrogens with zero attached hydrogens (tertiary/aromatic N) is 1. The van der Waals surface area contributed by atoms with Gasteiger partial charge < -0.3 is 10.6 Å². The van der Waals surface area contributed by atoms with Crippen LogP contribution in [0.2, 0.25) is 5.02 Å². The molecule has 0 aliphatic carbocycles. The van der Waals surface area contributed by atoms with Crippen molar-refractivity contribution in [1.29, 1.82) is 0 Å². The van der Waals surface area contributed by atoms with Crippen molar-refractivity contribution >= 4 is 17.5 Å². The Balaban J connectivity index is 2.26. The first kappa shape index (κ1) is 12.3. The molecule has 0 saturated carbocycles. The molecule has 17 heavy (non-hydrogen) atoms. The summed E-state index contributed by atoms with van der Waals surface area (Å²) in [4.78, 5) is 13.9. The summed E-state index contributed by atoms with van der Waals surface area (Å²) in [5.41, 5.74) is 6.19. The average molecular weight is 257 g/mol. The van der Waals surface area contributed by atoms with Crippen molar-refractivity contribution in [2.45, 2.75) is 25.4 Å². The van der Waals surface area contributed by atoms with Crippen LogP contribution in [0.1, 0.15) is 23.7 Å². The molecule has 1 aromatic carbocycles. The minimum atomic E-state index is -0.447. The molecular weight excluding hydrogens is 243 g/mol. The summed E-state index contributed by atoms with van der Waals surface area (Å²) in [7, 11) is 0. The summed E-state index contributed by atoms with van der Waals surface area (Å²) < 4.78 is 12.9. The second kappa shape index (κ2) is 4.63. The summed E-state index contributed by atoms with van der Waals surface area (Å²) in [6.45, 7) is 2.53. The topological polar surface area (TPSA) is 46.3 Å². The van der Waals surface area contributed by atoms with Crippen molar-refractivity contribution in [3.63, 3.8) is 0 Å². The van der Waals surface area contributed by atoms with E-state index in [0.717, 1.165) is 12.5 Å². The van der Waals surface area contributed by atoms with Crippen molar-refractivity contribution in [2.24, 2.45) is 5.73 Å². The van der Waals surface area contributed by atoms with E-state index in [1.54, 1.807) is 4.90 Å². The van der Waals surface area contributed by atoms with Crippen LogP contribution in [0.5, 0.6) is 0 Å². The maximum Gasteiger partial charge on any atom is 0.255 e. The first-order valence-corrected chi connectivity index (χ1v) is 5.90. The van der Waals surface area contributed by atoms with E-state index in [9.17, 15) is 9.18 Å². The van der Waals surface area contributed by atoms with Gasteiger partial charge in [0.2, 0.25) is 0 Å². The normalized spacial score (nSPS) is 24.1. The number of halogens is 2. The Morgan fingerprint density at radius 3 is 2.82 bits per heavy atom. The van der Waals surface area contributed by atoms with Gasteiger partial charge in [0, 0.05) is 18.6 Å². The lowest BCUT2D eigenvalue weighted by Gasteiger charge is -2.23. The highest BCUT2D eigenvalue weighted by Crippen LogP contribution is 2.23. The number of carbonyl (C=O) groups is 1. The summed E-state index contributed by atoms with van der Waals surface area (Å²) in [5.74, 6) is -0.631. The molecule has 0 spiro atoms. The van der Waals surface area contributed by atoms with Crippen LogP contribution in [0.4, 0.5) is 4.39 Å². The molecule has 1 amide bonds. The highest BCUT2D eigenvalue weighted by atomic mass is 35.5. The fourth-order valence-corrected chi connectivity index (χ4v) is 2.32. The van der Waals surface area contributed by atoms with E-state index in [1.807, 2.05) is 6.92 Å². The zero-order valence-electron chi connectivity index (χ0n) is 9.49.